The highest BCUT2D eigenvalue weighted by atomic mass is 19.1. The molecule has 1 heterocycles. The van der Waals surface area contributed by atoms with Crippen molar-refractivity contribution in [3.05, 3.63) is 35.6 Å². The van der Waals surface area contributed by atoms with Gasteiger partial charge in [0.1, 0.15) is 5.82 Å². The van der Waals surface area contributed by atoms with E-state index in [-0.39, 0.29) is 24.2 Å². The fourth-order valence-electron chi connectivity index (χ4n) is 2.38. The molecule has 1 saturated heterocycles. The van der Waals surface area contributed by atoms with E-state index in [2.05, 4.69) is 0 Å². The van der Waals surface area contributed by atoms with Crippen molar-refractivity contribution in [3.63, 3.8) is 0 Å². The summed E-state index contributed by atoms with van der Waals surface area (Å²) in [6.45, 7) is 1.41. The molecule has 92 valence electrons. The van der Waals surface area contributed by atoms with Crippen molar-refractivity contribution >= 4 is 5.91 Å². The van der Waals surface area contributed by atoms with Crippen molar-refractivity contribution in [1.82, 2.24) is 4.90 Å². The van der Waals surface area contributed by atoms with Crippen LogP contribution in [0.3, 0.4) is 0 Å². The van der Waals surface area contributed by atoms with Gasteiger partial charge in [-0.25, -0.2) is 4.39 Å². The smallest absolute Gasteiger partial charge is 0.236 e. The van der Waals surface area contributed by atoms with E-state index in [0.717, 1.165) is 18.4 Å². The van der Waals surface area contributed by atoms with E-state index in [1.165, 1.54) is 6.07 Å². The van der Waals surface area contributed by atoms with Crippen LogP contribution in [-0.2, 0) is 4.79 Å². The molecule has 0 spiro atoms. The van der Waals surface area contributed by atoms with Gasteiger partial charge in [0.2, 0.25) is 5.91 Å². The number of amides is 1. The Morgan fingerprint density at radius 1 is 1.35 bits per heavy atom. The fourth-order valence-corrected chi connectivity index (χ4v) is 2.38. The van der Waals surface area contributed by atoms with E-state index >= 15 is 0 Å². The lowest BCUT2D eigenvalue weighted by atomic mass is 9.89. The number of carbonyl (C=O) groups is 1. The first-order chi connectivity index (χ1) is 8.22. The van der Waals surface area contributed by atoms with Gasteiger partial charge in [-0.1, -0.05) is 18.2 Å². The molecule has 2 rings (SSSR count). The molecule has 0 aromatic heterocycles. The van der Waals surface area contributed by atoms with Gasteiger partial charge in [0, 0.05) is 13.1 Å². The van der Waals surface area contributed by atoms with E-state index in [1.54, 1.807) is 11.0 Å². The normalized spacial score (nSPS) is 17.2. The number of nitrogens with two attached hydrogens (primary N) is 1. The van der Waals surface area contributed by atoms with E-state index in [1.807, 2.05) is 12.1 Å². The van der Waals surface area contributed by atoms with E-state index in [9.17, 15) is 9.18 Å². The molecule has 1 aromatic rings. The first-order valence-corrected chi connectivity index (χ1v) is 5.94. The SMILES string of the molecule is NCC(=O)N1CCC(c2ccccc2F)CC1. The Balaban J connectivity index is 2.00. The number of likely N-dealkylation sites (tertiary alicyclic amines) is 1. The highest BCUT2D eigenvalue weighted by Gasteiger charge is 2.24. The Morgan fingerprint density at radius 2 is 2.00 bits per heavy atom. The molecule has 0 radical (unpaired) electrons. The summed E-state index contributed by atoms with van der Waals surface area (Å²) in [5.41, 5.74) is 6.09. The van der Waals surface area contributed by atoms with E-state index < -0.39 is 0 Å². The summed E-state index contributed by atoms with van der Waals surface area (Å²) in [5, 5.41) is 0. The largest absolute Gasteiger partial charge is 0.342 e. The van der Waals surface area contributed by atoms with Crippen LogP contribution in [0.1, 0.15) is 24.3 Å². The second-order valence-corrected chi connectivity index (χ2v) is 4.38. The third-order valence-corrected chi connectivity index (χ3v) is 3.37. The molecule has 2 N–H and O–H groups in total. The summed E-state index contributed by atoms with van der Waals surface area (Å²) in [4.78, 5) is 13.2. The molecular formula is C13H17FN2O. The van der Waals surface area contributed by atoms with Gasteiger partial charge in [-0.2, -0.15) is 0 Å². The third-order valence-electron chi connectivity index (χ3n) is 3.37. The van der Waals surface area contributed by atoms with Gasteiger partial charge in [-0.15, -0.1) is 0 Å². The fraction of sp³-hybridized carbons (Fsp3) is 0.462. The van der Waals surface area contributed by atoms with Crippen molar-refractivity contribution in [2.24, 2.45) is 5.73 Å². The molecule has 0 bridgehead atoms. The zero-order valence-corrected chi connectivity index (χ0v) is 9.73. The number of benzene rings is 1. The van der Waals surface area contributed by atoms with Crippen LogP contribution < -0.4 is 5.73 Å². The van der Waals surface area contributed by atoms with Crippen LogP contribution in [0, 0.1) is 5.82 Å². The molecule has 0 atom stereocenters. The van der Waals surface area contributed by atoms with Crippen molar-refractivity contribution in [1.29, 1.82) is 0 Å². The standard InChI is InChI=1S/C13H17FN2O/c14-12-4-2-1-3-11(12)10-5-7-16(8-6-10)13(17)9-15/h1-4,10H,5-9,15H2. The zero-order chi connectivity index (χ0) is 12.3. The van der Waals surface area contributed by atoms with Crippen LogP contribution in [0.25, 0.3) is 0 Å². The maximum absolute atomic E-state index is 13.6. The van der Waals surface area contributed by atoms with Gasteiger partial charge in [0.25, 0.3) is 0 Å². The maximum Gasteiger partial charge on any atom is 0.236 e. The van der Waals surface area contributed by atoms with Crippen LogP contribution in [0.5, 0.6) is 0 Å². The first-order valence-electron chi connectivity index (χ1n) is 5.94. The van der Waals surface area contributed by atoms with Gasteiger partial charge in [-0.3, -0.25) is 4.79 Å². The Hall–Kier alpha value is -1.42. The summed E-state index contributed by atoms with van der Waals surface area (Å²) in [6, 6.07) is 6.88. The average molecular weight is 236 g/mol. The molecular weight excluding hydrogens is 219 g/mol. The van der Waals surface area contributed by atoms with Gasteiger partial charge in [0.05, 0.1) is 6.54 Å². The Labute approximate surface area is 100 Å². The lowest BCUT2D eigenvalue weighted by molar-refractivity contribution is -0.130. The van der Waals surface area contributed by atoms with Gasteiger partial charge >= 0.3 is 0 Å². The lowest BCUT2D eigenvalue weighted by Gasteiger charge is -2.32. The summed E-state index contributed by atoms with van der Waals surface area (Å²) in [7, 11) is 0. The second-order valence-electron chi connectivity index (χ2n) is 4.38. The minimum absolute atomic E-state index is 0.0167. The third kappa shape index (κ3) is 2.64. The molecule has 0 unspecified atom stereocenters. The van der Waals surface area contributed by atoms with Crippen molar-refractivity contribution in [2.45, 2.75) is 18.8 Å². The van der Waals surface area contributed by atoms with Gasteiger partial charge in [-0.05, 0) is 30.4 Å². The van der Waals surface area contributed by atoms with Crippen LogP contribution in [0.15, 0.2) is 24.3 Å². The first kappa shape index (κ1) is 12.0. The summed E-state index contributed by atoms with van der Waals surface area (Å²) >= 11 is 0. The highest BCUT2D eigenvalue weighted by molar-refractivity contribution is 5.78. The molecule has 4 heteroatoms. The molecule has 1 fully saturated rings. The molecule has 3 nitrogen and oxygen atoms in total. The van der Waals surface area contributed by atoms with Crippen molar-refractivity contribution in [3.8, 4) is 0 Å². The number of nitrogens with zero attached hydrogens (tertiary/aromatic N) is 1. The summed E-state index contributed by atoms with van der Waals surface area (Å²) < 4.78 is 13.6. The van der Waals surface area contributed by atoms with Gasteiger partial charge < -0.3 is 10.6 Å². The Morgan fingerprint density at radius 3 is 2.59 bits per heavy atom. The van der Waals surface area contributed by atoms with E-state index in [0.29, 0.717) is 13.1 Å². The maximum atomic E-state index is 13.6. The van der Waals surface area contributed by atoms with Gasteiger partial charge in [0.15, 0.2) is 0 Å². The zero-order valence-electron chi connectivity index (χ0n) is 9.73. The van der Waals surface area contributed by atoms with Crippen molar-refractivity contribution in [2.75, 3.05) is 19.6 Å². The molecule has 1 aliphatic rings. The van der Waals surface area contributed by atoms with Crippen LogP contribution >= 0.6 is 0 Å². The summed E-state index contributed by atoms with van der Waals surface area (Å²) in [5.74, 6) is 0.0612. The molecule has 0 saturated carbocycles. The quantitative estimate of drug-likeness (QED) is 0.845. The molecule has 1 aromatic carbocycles. The molecule has 1 amide bonds. The minimum Gasteiger partial charge on any atom is -0.342 e. The van der Waals surface area contributed by atoms with Crippen LogP contribution in [0.2, 0.25) is 0 Å². The van der Waals surface area contributed by atoms with Crippen LogP contribution in [0.4, 0.5) is 4.39 Å². The number of hydrogen-bond acceptors (Lipinski definition) is 2. The lowest BCUT2D eigenvalue weighted by Crippen LogP contribution is -2.41. The number of halogens is 1. The minimum atomic E-state index is -0.142. The predicted octanol–water partition coefficient (Wildman–Crippen LogP) is 1.49. The number of carbonyl (C=O) groups excluding carboxylic acids is 1. The predicted molar refractivity (Wildman–Crippen MR) is 64.0 cm³/mol. The number of piperidine rings is 1. The number of hydrogen-bond donors (Lipinski definition) is 1. The average Bonchev–Trinajstić information content (AvgIpc) is 2.39. The van der Waals surface area contributed by atoms with Crippen LogP contribution in [-0.4, -0.2) is 30.4 Å². The Bertz CT molecular complexity index is 400. The molecule has 0 aliphatic carbocycles. The Kier molecular flexibility index (Phi) is 3.74. The topological polar surface area (TPSA) is 46.3 Å². The summed E-state index contributed by atoms with van der Waals surface area (Å²) in [6.07, 6.45) is 1.62. The molecule has 1 aliphatic heterocycles. The van der Waals surface area contributed by atoms with Crippen molar-refractivity contribution < 1.29 is 9.18 Å². The van der Waals surface area contributed by atoms with E-state index in [4.69, 9.17) is 5.73 Å². The second kappa shape index (κ2) is 5.27. The number of rotatable bonds is 2. The highest BCUT2D eigenvalue weighted by Crippen LogP contribution is 2.29. The molecule has 17 heavy (non-hydrogen) atoms. The monoisotopic (exact) mass is 236 g/mol.